The van der Waals surface area contributed by atoms with Crippen LogP contribution in [0.1, 0.15) is 11.1 Å². The summed E-state index contributed by atoms with van der Waals surface area (Å²) in [6.07, 6.45) is -12.1. The van der Waals surface area contributed by atoms with Crippen molar-refractivity contribution < 1.29 is 49.9 Å². The third kappa shape index (κ3) is 6.08. The molecule has 8 nitrogen and oxygen atoms in total. The average molecular weight is 550 g/mol. The zero-order valence-corrected chi connectivity index (χ0v) is 20.2. The van der Waals surface area contributed by atoms with E-state index in [9.17, 15) is 45.1 Å². The Morgan fingerprint density at radius 3 is 2.08 bits per heavy atom. The number of halogens is 7. The molecule has 1 aliphatic rings. The number of anilines is 2. The molecule has 0 N–H and O–H groups in total. The zero-order chi connectivity index (χ0) is 28.6. The van der Waals surface area contributed by atoms with Gasteiger partial charge in [-0.05, 0) is 36.4 Å². The highest BCUT2D eigenvalue weighted by Gasteiger charge is 2.44. The molecule has 1 fully saturated rings. The molecule has 38 heavy (non-hydrogen) atoms. The topological polar surface area (TPSA) is 73.4 Å². The third-order valence-corrected chi connectivity index (χ3v) is 5.59. The lowest BCUT2D eigenvalue weighted by atomic mass is 10.1. The summed E-state index contributed by atoms with van der Waals surface area (Å²) in [5, 5.41) is 0. The quantitative estimate of drug-likeness (QED) is 0.501. The summed E-state index contributed by atoms with van der Waals surface area (Å²) >= 11 is 0. The first-order valence-electron chi connectivity index (χ1n) is 10.8. The number of likely N-dealkylation sites (N-methyl/N-ethyl adjacent to an activating group) is 1. The smallest absolute Gasteiger partial charge is 0.407 e. The van der Waals surface area contributed by atoms with E-state index < -0.39 is 71.9 Å². The molecule has 1 aliphatic heterocycles. The molecule has 206 valence electrons. The Kier molecular flexibility index (Phi) is 7.79. The number of hydrogen-bond donors (Lipinski definition) is 0. The molecule has 0 spiro atoms. The number of alkyl halides is 6. The molecule has 0 unspecified atom stereocenters. The SMILES string of the molecule is CN(C)C(=O)CN1CCN(c2cc(C(F)(F)F)cc(C(F)(F)F)c2OC(=O)N(C)c2ccc(F)cc2)C1=O. The Balaban J connectivity index is 2.10. The minimum atomic E-state index is -5.43. The maximum absolute atomic E-state index is 14.0. The first-order valence-corrected chi connectivity index (χ1v) is 10.8. The second-order valence-corrected chi connectivity index (χ2v) is 8.41. The molecule has 0 radical (unpaired) electrons. The van der Waals surface area contributed by atoms with E-state index in [1.807, 2.05) is 0 Å². The van der Waals surface area contributed by atoms with Gasteiger partial charge < -0.3 is 14.5 Å². The number of nitrogens with zero attached hydrogens (tertiary/aromatic N) is 4. The van der Waals surface area contributed by atoms with Crippen molar-refractivity contribution in [3.05, 3.63) is 53.3 Å². The lowest BCUT2D eigenvalue weighted by Crippen LogP contribution is -2.39. The lowest BCUT2D eigenvalue weighted by Gasteiger charge is -2.26. The summed E-state index contributed by atoms with van der Waals surface area (Å²) < 4.78 is 101. The van der Waals surface area contributed by atoms with Crippen molar-refractivity contribution in [1.29, 1.82) is 0 Å². The van der Waals surface area contributed by atoms with Gasteiger partial charge in [-0.2, -0.15) is 26.3 Å². The number of rotatable bonds is 5. The van der Waals surface area contributed by atoms with E-state index in [0.29, 0.717) is 9.80 Å². The van der Waals surface area contributed by atoms with Gasteiger partial charge in [-0.15, -0.1) is 0 Å². The standard InChI is InChI=1S/C23H21F7N4O4/c1-31(2)18(35)12-33-8-9-34(20(33)36)17-11-13(22(25,26)27)10-16(23(28,29)30)19(17)38-21(37)32(3)15-6-4-14(24)5-7-15/h4-7,10-11H,8-9,12H2,1-3H3. The van der Waals surface area contributed by atoms with Gasteiger partial charge in [0.25, 0.3) is 0 Å². The number of carbonyl (C=O) groups is 3. The highest BCUT2D eigenvalue weighted by molar-refractivity contribution is 5.99. The van der Waals surface area contributed by atoms with Gasteiger partial charge in [-0.25, -0.2) is 14.0 Å². The molecule has 0 aromatic heterocycles. The molecule has 0 atom stereocenters. The molecule has 2 aromatic carbocycles. The van der Waals surface area contributed by atoms with E-state index in [-0.39, 0.29) is 24.4 Å². The van der Waals surface area contributed by atoms with Gasteiger partial charge in [0.2, 0.25) is 5.91 Å². The molecule has 0 bridgehead atoms. The van der Waals surface area contributed by atoms with E-state index in [0.717, 1.165) is 41.1 Å². The maximum atomic E-state index is 14.0. The van der Waals surface area contributed by atoms with E-state index in [1.54, 1.807) is 0 Å². The van der Waals surface area contributed by atoms with Gasteiger partial charge in [0, 0.05) is 39.9 Å². The molecule has 3 rings (SSSR count). The summed E-state index contributed by atoms with van der Waals surface area (Å²) in [5.74, 6) is -2.53. The van der Waals surface area contributed by atoms with Crippen molar-refractivity contribution in [2.45, 2.75) is 12.4 Å². The van der Waals surface area contributed by atoms with Crippen LogP contribution >= 0.6 is 0 Å². The third-order valence-electron chi connectivity index (χ3n) is 5.59. The number of ether oxygens (including phenoxy) is 1. The molecular formula is C23H21F7N4O4. The van der Waals surface area contributed by atoms with Crippen molar-refractivity contribution in [2.24, 2.45) is 0 Å². The second kappa shape index (κ2) is 10.4. The first-order chi connectivity index (χ1) is 17.5. The van der Waals surface area contributed by atoms with Crippen molar-refractivity contribution in [3.8, 4) is 5.75 Å². The first kappa shape index (κ1) is 28.5. The van der Waals surface area contributed by atoms with Gasteiger partial charge in [-0.3, -0.25) is 14.6 Å². The van der Waals surface area contributed by atoms with Crippen LogP contribution in [0.5, 0.6) is 5.75 Å². The molecule has 0 saturated carbocycles. The normalized spacial score (nSPS) is 14.1. The molecular weight excluding hydrogens is 529 g/mol. The van der Waals surface area contributed by atoms with Gasteiger partial charge in [-0.1, -0.05) is 0 Å². The van der Waals surface area contributed by atoms with Crippen LogP contribution in [0.3, 0.4) is 0 Å². The van der Waals surface area contributed by atoms with Crippen LogP contribution in [0.15, 0.2) is 36.4 Å². The van der Waals surface area contributed by atoms with E-state index in [4.69, 9.17) is 4.74 Å². The molecule has 15 heteroatoms. The predicted molar refractivity (Wildman–Crippen MR) is 120 cm³/mol. The highest BCUT2D eigenvalue weighted by Crippen LogP contribution is 2.47. The van der Waals surface area contributed by atoms with E-state index >= 15 is 0 Å². The number of carbonyl (C=O) groups excluding carboxylic acids is 3. The van der Waals surface area contributed by atoms with Crippen molar-refractivity contribution >= 4 is 29.4 Å². The Bertz CT molecular complexity index is 1230. The summed E-state index contributed by atoms with van der Waals surface area (Å²) in [6, 6.07) is 3.17. The largest absolute Gasteiger partial charge is 0.420 e. The fourth-order valence-corrected chi connectivity index (χ4v) is 3.48. The Morgan fingerprint density at radius 2 is 1.55 bits per heavy atom. The minimum absolute atomic E-state index is 0.00374. The highest BCUT2D eigenvalue weighted by atomic mass is 19.4. The van der Waals surface area contributed by atoms with E-state index in [2.05, 4.69) is 0 Å². The summed E-state index contributed by atoms with van der Waals surface area (Å²) in [5.41, 5.74) is -4.64. The summed E-state index contributed by atoms with van der Waals surface area (Å²) in [6.45, 7) is -1.06. The fraction of sp³-hybridized carbons (Fsp3) is 0.348. The predicted octanol–water partition coefficient (Wildman–Crippen LogP) is 4.83. The Labute approximate surface area is 211 Å². The molecule has 4 amide bonds. The Hall–Kier alpha value is -4.04. The minimum Gasteiger partial charge on any atom is -0.407 e. The molecule has 1 heterocycles. The number of amides is 4. The zero-order valence-electron chi connectivity index (χ0n) is 20.2. The lowest BCUT2D eigenvalue weighted by molar-refractivity contribution is -0.143. The molecule has 1 saturated heterocycles. The van der Waals surface area contributed by atoms with E-state index in [1.165, 1.54) is 14.1 Å². The van der Waals surface area contributed by atoms with Crippen LogP contribution < -0.4 is 14.5 Å². The van der Waals surface area contributed by atoms with Crippen LogP contribution in [0.4, 0.5) is 51.7 Å². The van der Waals surface area contributed by atoms with Crippen molar-refractivity contribution in [1.82, 2.24) is 9.80 Å². The second-order valence-electron chi connectivity index (χ2n) is 8.41. The van der Waals surface area contributed by atoms with Gasteiger partial charge in [0.15, 0.2) is 5.75 Å². The average Bonchev–Trinajstić information content (AvgIpc) is 3.17. The number of urea groups is 1. The van der Waals surface area contributed by atoms with Crippen LogP contribution in [-0.2, 0) is 17.1 Å². The fourth-order valence-electron chi connectivity index (χ4n) is 3.48. The van der Waals surface area contributed by atoms with Gasteiger partial charge in [0.1, 0.15) is 17.9 Å². The van der Waals surface area contributed by atoms with Crippen LogP contribution in [0, 0.1) is 5.82 Å². The van der Waals surface area contributed by atoms with Gasteiger partial charge in [0.05, 0.1) is 11.3 Å². The van der Waals surface area contributed by atoms with Crippen molar-refractivity contribution in [3.63, 3.8) is 0 Å². The van der Waals surface area contributed by atoms with Crippen molar-refractivity contribution in [2.75, 3.05) is 50.6 Å². The van der Waals surface area contributed by atoms with Gasteiger partial charge >= 0.3 is 24.5 Å². The van der Waals surface area contributed by atoms with Crippen LogP contribution in [0.25, 0.3) is 0 Å². The monoisotopic (exact) mass is 550 g/mol. The maximum Gasteiger partial charge on any atom is 0.420 e. The van der Waals surface area contributed by atoms with Crippen LogP contribution in [-0.4, -0.2) is 68.6 Å². The molecule has 0 aliphatic carbocycles. The number of benzene rings is 2. The summed E-state index contributed by atoms with van der Waals surface area (Å²) in [7, 11) is 3.89. The number of hydrogen-bond acceptors (Lipinski definition) is 4. The summed E-state index contributed by atoms with van der Waals surface area (Å²) in [4.78, 5) is 41.1. The Morgan fingerprint density at radius 1 is 0.947 bits per heavy atom. The molecule has 2 aromatic rings. The van der Waals surface area contributed by atoms with Crippen LogP contribution in [0.2, 0.25) is 0 Å².